The SMILES string of the molecule is N#Cc1nc2nc3c4nc5nc(C#N)c(C#N)nc5nc4c4nc5c(F)c(F)c(F)c(F)c5nc4c3nc2nc1C#N. The number of benzene rings is 2. The Morgan fingerprint density at radius 1 is 0.310 bits per heavy atom. The molecule has 14 nitrogen and oxygen atoms in total. The van der Waals surface area contributed by atoms with Crippen LogP contribution in [0.5, 0.6) is 0 Å². The van der Waals surface area contributed by atoms with E-state index in [9.17, 15) is 38.6 Å². The maximum absolute atomic E-state index is 14.8. The highest BCUT2D eigenvalue weighted by Gasteiger charge is 2.27. The van der Waals surface area contributed by atoms with Gasteiger partial charge in [-0.3, -0.25) is 0 Å². The Morgan fingerprint density at radius 2 is 0.548 bits per heavy atom. The summed E-state index contributed by atoms with van der Waals surface area (Å²) in [5, 5.41) is 37.4. The Hall–Kier alpha value is -6.92. The lowest BCUT2D eigenvalue weighted by molar-refractivity contribution is 0.416. The molecule has 194 valence electrons. The van der Waals surface area contributed by atoms with Crippen molar-refractivity contribution in [1.29, 1.82) is 21.0 Å². The largest absolute Gasteiger partial charge is 0.239 e. The topological polar surface area (TPSA) is 224 Å². The molecule has 5 aromatic heterocycles. The van der Waals surface area contributed by atoms with Crippen molar-refractivity contribution < 1.29 is 17.6 Å². The summed E-state index contributed by atoms with van der Waals surface area (Å²) >= 11 is 0. The van der Waals surface area contributed by atoms with Crippen LogP contribution in [-0.2, 0) is 0 Å². The van der Waals surface area contributed by atoms with E-state index < -0.39 is 34.3 Å². The lowest BCUT2D eigenvalue weighted by Crippen LogP contribution is -2.06. The summed E-state index contributed by atoms with van der Waals surface area (Å²) in [5.74, 6) is -7.91. The zero-order chi connectivity index (χ0) is 29.4. The van der Waals surface area contributed by atoms with E-state index in [0.717, 1.165) is 0 Å². The van der Waals surface area contributed by atoms with Gasteiger partial charge in [-0.1, -0.05) is 0 Å². The first-order valence-corrected chi connectivity index (χ1v) is 11.1. The number of aromatic nitrogens is 10. The summed E-state index contributed by atoms with van der Waals surface area (Å²) < 4.78 is 57.8. The van der Waals surface area contributed by atoms with Gasteiger partial charge in [-0.05, 0) is 0 Å². The van der Waals surface area contributed by atoms with Crippen LogP contribution in [0, 0.1) is 68.6 Å². The summed E-state index contributed by atoms with van der Waals surface area (Å²) in [7, 11) is 0. The van der Waals surface area contributed by atoms with E-state index in [1.165, 1.54) is 0 Å². The van der Waals surface area contributed by atoms with E-state index in [0.29, 0.717) is 0 Å². The van der Waals surface area contributed by atoms with Gasteiger partial charge in [0.25, 0.3) is 0 Å². The molecule has 5 heterocycles. The van der Waals surface area contributed by atoms with E-state index in [1.807, 2.05) is 0 Å². The van der Waals surface area contributed by atoms with Gasteiger partial charge in [-0.25, -0.2) is 67.4 Å². The van der Waals surface area contributed by atoms with Gasteiger partial charge in [-0.15, -0.1) is 0 Å². The Balaban J connectivity index is 1.77. The molecule has 0 saturated carbocycles. The zero-order valence-corrected chi connectivity index (χ0v) is 19.8. The van der Waals surface area contributed by atoms with Crippen LogP contribution in [0.15, 0.2) is 0 Å². The zero-order valence-electron chi connectivity index (χ0n) is 19.8. The fourth-order valence-electron chi connectivity index (χ4n) is 4.22. The first-order chi connectivity index (χ1) is 20.3. The van der Waals surface area contributed by atoms with Crippen LogP contribution in [0.3, 0.4) is 0 Å². The minimum absolute atomic E-state index is 0.163. The molecule has 0 saturated heterocycles. The molecule has 0 bridgehead atoms. The van der Waals surface area contributed by atoms with Gasteiger partial charge in [0.15, 0.2) is 68.6 Å². The Morgan fingerprint density at radius 3 is 0.786 bits per heavy atom. The molecule has 0 aliphatic heterocycles. The molecule has 2 aromatic carbocycles. The van der Waals surface area contributed by atoms with E-state index in [1.54, 1.807) is 24.3 Å². The van der Waals surface area contributed by atoms with Gasteiger partial charge in [0, 0.05) is 0 Å². The molecular formula is C24F4N14. The van der Waals surface area contributed by atoms with Crippen LogP contribution in [0.2, 0.25) is 0 Å². The van der Waals surface area contributed by atoms with Gasteiger partial charge >= 0.3 is 0 Å². The van der Waals surface area contributed by atoms with Crippen molar-refractivity contribution in [3.05, 3.63) is 46.0 Å². The molecule has 18 heteroatoms. The molecule has 0 amide bonds. The second-order valence-electron chi connectivity index (χ2n) is 8.30. The molecule has 0 aliphatic carbocycles. The highest BCUT2D eigenvalue weighted by atomic mass is 19.2. The number of hydrogen-bond acceptors (Lipinski definition) is 14. The second-order valence-corrected chi connectivity index (χ2v) is 8.30. The molecule has 7 aromatic rings. The average Bonchev–Trinajstić information content (AvgIpc) is 3.02. The second kappa shape index (κ2) is 8.29. The lowest BCUT2D eigenvalue weighted by atomic mass is 10.1. The lowest BCUT2D eigenvalue weighted by Gasteiger charge is -2.10. The van der Waals surface area contributed by atoms with Crippen molar-refractivity contribution >= 4 is 66.7 Å². The molecule has 7 rings (SSSR count). The van der Waals surface area contributed by atoms with E-state index >= 15 is 0 Å². The molecule has 0 radical (unpaired) electrons. The van der Waals surface area contributed by atoms with Crippen molar-refractivity contribution in [2.45, 2.75) is 0 Å². The highest BCUT2D eigenvalue weighted by molar-refractivity contribution is 6.20. The van der Waals surface area contributed by atoms with Crippen LogP contribution in [0.25, 0.3) is 66.7 Å². The molecular weight excluding hydrogens is 560 g/mol. The average molecular weight is 560 g/mol. The highest BCUT2D eigenvalue weighted by Crippen LogP contribution is 2.34. The molecule has 0 fully saturated rings. The van der Waals surface area contributed by atoms with Gasteiger partial charge < -0.3 is 0 Å². The standard InChI is InChI=1S/C24F4N14/c25-9-10(26)12(28)14-13(11(9)27)37-15-16(38-14)18-20(42-24-22(40-18)34-6(2-30)8(4-32)36-24)19-17(15)39-21-23(41-19)35-7(3-31)5(1-29)33-21. The van der Waals surface area contributed by atoms with Crippen LogP contribution in [0.1, 0.15) is 22.8 Å². The van der Waals surface area contributed by atoms with Crippen molar-refractivity contribution in [2.24, 2.45) is 0 Å². The minimum Gasteiger partial charge on any atom is -0.239 e. The van der Waals surface area contributed by atoms with Gasteiger partial charge in [-0.2, -0.15) is 21.0 Å². The number of nitriles is 4. The van der Waals surface area contributed by atoms with Gasteiger partial charge in [0.1, 0.15) is 68.4 Å². The summed E-state index contributed by atoms with van der Waals surface area (Å²) in [6.07, 6.45) is 0. The smallest absolute Gasteiger partial charge is 0.199 e. The maximum atomic E-state index is 14.8. The Labute approximate surface area is 225 Å². The first-order valence-electron chi connectivity index (χ1n) is 11.1. The Kier molecular flexibility index (Phi) is 4.76. The first kappa shape index (κ1) is 24.1. The van der Waals surface area contributed by atoms with E-state index in [-0.39, 0.29) is 78.5 Å². The van der Waals surface area contributed by atoms with Crippen molar-refractivity contribution in [2.75, 3.05) is 0 Å². The predicted molar refractivity (Wildman–Crippen MR) is 128 cm³/mol. The number of halogens is 4. The number of rotatable bonds is 0. The predicted octanol–water partition coefficient (Wildman–Crippen LogP) is 2.60. The third-order valence-corrected chi connectivity index (χ3v) is 6.03. The molecule has 0 unspecified atom stereocenters. The van der Waals surface area contributed by atoms with Crippen molar-refractivity contribution in [1.82, 2.24) is 49.8 Å². The van der Waals surface area contributed by atoms with Gasteiger partial charge in [0.2, 0.25) is 0 Å². The van der Waals surface area contributed by atoms with Crippen LogP contribution < -0.4 is 0 Å². The monoisotopic (exact) mass is 560 g/mol. The van der Waals surface area contributed by atoms with Crippen LogP contribution >= 0.6 is 0 Å². The molecule has 0 N–H and O–H groups in total. The van der Waals surface area contributed by atoms with Crippen LogP contribution in [0.4, 0.5) is 17.6 Å². The van der Waals surface area contributed by atoms with Gasteiger partial charge in [0.05, 0.1) is 0 Å². The number of fused-ring (bicyclic) bond motifs is 9. The van der Waals surface area contributed by atoms with Crippen molar-refractivity contribution in [3.63, 3.8) is 0 Å². The summed E-state index contributed by atoms with van der Waals surface area (Å²) in [4.78, 5) is 41.2. The minimum atomic E-state index is -2.12. The summed E-state index contributed by atoms with van der Waals surface area (Å²) in [5.41, 5.74) is -5.95. The number of nitrogens with zero attached hydrogens (tertiary/aromatic N) is 14. The van der Waals surface area contributed by atoms with E-state index in [4.69, 9.17) is 0 Å². The van der Waals surface area contributed by atoms with E-state index in [2.05, 4.69) is 49.8 Å². The summed E-state index contributed by atoms with van der Waals surface area (Å²) in [6.45, 7) is 0. The third-order valence-electron chi connectivity index (χ3n) is 6.03. The third kappa shape index (κ3) is 3.08. The fraction of sp³-hybridized carbons (Fsp3) is 0. The summed E-state index contributed by atoms with van der Waals surface area (Å²) in [6, 6.07) is 6.81. The normalized spacial score (nSPS) is 11.2. The fourth-order valence-corrected chi connectivity index (χ4v) is 4.22. The molecule has 42 heavy (non-hydrogen) atoms. The molecule has 0 aliphatic rings. The molecule has 0 atom stereocenters. The van der Waals surface area contributed by atoms with Crippen molar-refractivity contribution in [3.8, 4) is 24.3 Å². The van der Waals surface area contributed by atoms with Crippen LogP contribution in [-0.4, -0.2) is 49.8 Å². The number of hydrogen-bond donors (Lipinski definition) is 0. The Bertz CT molecular complexity index is 2450. The quantitative estimate of drug-likeness (QED) is 0.0854. The maximum Gasteiger partial charge on any atom is 0.199 e. The molecule has 0 spiro atoms.